The third-order valence-electron chi connectivity index (χ3n) is 4.88. The lowest BCUT2D eigenvalue weighted by molar-refractivity contribution is -0.924. The fourth-order valence-corrected chi connectivity index (χ4v) is 3.63. The van der Waals surface area contributed by atoms with Crippen LogP contribution >= 0.6 is 12.2 Å². The van der Waals surface area contributed by atoms with Crippen LogP contribution in [-0.2, 0) is 6.67 Å². The molecule has 0 aliphatic carbocycles. The van der Waals surface area contributed by atoms with E-state index in [1.54, 1.807) is 17.1 Å². The van der Waals surface area contributed by atoms with Crippen molar-refractivity contribution >= 4 is 17.9 Å². The van der Waals surface area contributed by atoms with Crippen molar-refractivity contribution in [3.8, 4) is 17.2 Å². The number of hydrogen-bond donors (Lipinski definition) is 1. The standard InChI is InChI=1S/C20H23N5O2S/c1-2-26-18-6-4-3-5-17(18)24-13-11-23(12-14-24)15-25-20(28)27-19(22-25)16-7-9-21-10-8-16/h3-10H,2,11-15H2,1H3/p+1. The van der Waals surface area contributed by atoms with Gasteiger partial charge in [0.15, 0.2) is 6.67 Å². The molecule has 28 heavy (non-hydrogen) atoms. The molecule has 0 amide bonds. The van der Waals surface area contributed by atoms with E-state index in [1.807, 2.05) is 31.2 Å². The second kappa shape index (κ2) is 8.53. The van der Waals surface area contributed by atoms with E-state index in [1.165, 1.54) is 10.6 Å². The molecule has 1 saturated heterocycles. The molecule has 8 heteroatoms. The Bertz CT molecular complexity index is 964. The van der Waals surface area contributed by atoms with E-state index in [4.69, 9.17) is 21.4 Å². The van der Waals surface area contributed by atoms with Crippen molar-refractivity contribution in [2.24, 2.45) is 0 Å². The first-order valence-electron chi connectivity index (χ1n) is 9.53. The van der Waals surface area contributed by atoms with Gasteiger partial charge in [-0.15, -0.1) is 5.10 Å². The third-order valence-corrected chi connectivity index (χ3v) is 5.18. The lowest BCUT2D eigenvalue weighted by atomic mass is 10.2. The second-order valence-corrected chi connectivity index (χ2v) is 7.05. The van der Waals surface area contributed by atoms with E-state index in [0.29, 0.717) is 24.0 Å². The topological polar surface area (TPSA) is 60.8 Å². The minimum absolute atomic E-state index is 0.406. The largest absolute Gasteiger partial charge is 0.492 e. The summed E-state index contributed by atoms with van der Waals surface area (Å²) in [7, 11) is 0. The van der Waals surface area contributed by atoms with Gasteiger partial charge in [-0.25, -0.2) is 0 Å². The first-order chi connectivity index (χ1) is 13.7. The SMILES string of the molecule is CCOc1ccccc1N1CC[NH+](Cn2nc(-c3ccncc3)oc2=S)CC1. The molecule has 0 unspecified atom stereocenters. The van der Waals surface area contributed by atoms with Gasteiger partial charge in [0.2, 0.25) is 5.89 Å². The van der Waals surface area contributed by atoms with E-state index < -0.39 is 0 Å². The van der Waals surface area contributed by atoms with E-state index in [0.717, 1.165) is 37.5 Å². The highest BCUT2D eigenvalue weighted by molar-refractivity contribution is 7.71. The van der Waals surface area contributed by atoms with Gasteiger partial charge in [-0.2, -0.15) is 4.68 Å². The molecular weight excluding hydrogens is 374 g/mol. The number of nitrogens with one attached hydrogen (secondary N) is 1. The first kappa shape index (κ1) is 18.6. The zero-order valence-corrected chi connectivity index (χ0v) is 16.7. The average Bonchev–Trinajstić information content (AvgIpc) is 3.10. The minimum Gasteiger partial charge on any atom is -0.492 e. The van der Waals surface area contributed by atoms with Crippen LogP contribution in [0.3, 0.4) is 0 Å². The summed E-state index contributed by atoms with van der Waals surface area (Å²) in [5.74, 6) is 1.49. The number of aromatic nitrogens is 3. The van der Waals surface area contributed by atoms with Crippen LogP contribution in [0.25, 0.3) is 11.5 Å². The predicted molar refractivity (Wildman–Crippen MR) is 109 cm³/mol. The Morgan fingerprint density at radius 3 is 2.64 bits per heavy atom. The van der Waals surface area contributed by atoms with Crippen molar-refractivity contribution in [1.29, 1.82) is 0 Å². The van der Waals surface area contributed by atoms with Crippen LogP contribution in [0.5, 0.6) is 5.75 Å². The molecule has 0 saturated carbocycles. The Labute approximate surface area is 169 Å². The second-order valence-electron chi connectivity index (χ2n) is 6.70. The van der Waals surface area contributed by atoms with Gasteiger partial charge >= 0.3 is 0 Å². The first-order valence-corrected chi connectivity index (χ1v) is 9.94. The molecule has 146 valence electrons. The maximum absolute atomic E-state index is 5.78. The van der Waals surface area contributed by atoms with Crippen molar-refractivity contribution in [2.45, 2.75) is 13.6 Å². The summed E-state index contributed by atoms with van der Waals surface area (Å²) >= 11 is 5.37. The summed E-state index contributed by atoms with van der Waals surface area (Å²) in [4.78, 5) is 8.24. The van der Waals surface area contributed by atoms with Crippen LogP contribution in [0.15, 0.2) is 53.2 Å². The maximum Gasteiger partial charge on any atom is 0.292 e. The Morgan fingerprint density at radius 1 is 1.14 bits per heavy atom. The molecule has 2 aromatic heterocycles. The lowest BCUT2D eigenvalue weighted by Gasteiger charge is -2.34. The third kappa shape index (κ3) is 4.07. The van der Waals surface area contributed by atoms with Crippen molar-refractivity contribution in [3.05, 3.63) is 53.6 Å². The fraction of sp³-hybridized carbons (Fsp3) is 0.350. The number of para-hydroxylation sites is 2. The molecule has 1 aliphatic heterocycles. The molecule has 7 nitrogen and oxygen atoms in total. The summed E-state index contributed by atoms with van der Waals surface area (Å²) in [6.45, 7) is 7.31. The fourth-order valence-electron chi connectivity index (χ4n) is 3.45. The number of rotatable bonds is 6. The van der Waals surface area contributed by atoms with Gasteiger partial charge in [0, 0.05) is 18.0 Å². The van der Waals surface area contributed by atoms with E-state index >= 15 is 0 Å². The van der Waals surface area contributed by atoms with Crippen LogP contribution in [0, 0.1) is 4.84 Å². The van der Waals surface area contributed by atoms with Crippen LogP contribution in [0.1, 0.15) is 6.92 Å². The van der Waals surface area contributed by atoms with Crippen LogP contribution in [0.2, 0.25) is 0 Å². The smallest absolute Gasteiger partial charge is 0.292 e. The quantitative estimate of drug-likeness (QED) is 0.641. The normalized spacial score (nSPS) is 15.0. The zero-order valence-electron chi connectivity index (χ0n) is 15.9. The molecule has 1 fully saturated rings. The van der Waals surface area contributed by atoms with Crippen molar-refractivity contribution in [2.75, 3.05) is 37.7 Å². The Kier molecular flexibility index (Phi) is 5.68. The highest BCUT2D eigenvalue weighted by Crippen LogP contribution is 2.27. The van der Waals surface area contributed by atoms with Gasteiger partial charge in [0.1, 0.15) is 5.75 Å². The molecule has 3 aromatic rings. The zero-order chi connectivity index (χ0) is 19.3. The highest BCUT2D eigenvalue weighted by Gasteiger charge is 2.23. The number of piperazine rings is 1. The molecule has 3 heterocycles. The van der Waals surface area contributed by atoms with Crippen LogP contribution in [0.4, 0.5) is 5.69 Å². The number of quaternary nitrogens is 1. The molecule has 0 radical (unpaired) electrons. The van der Waals surface area contributed by atoms with Gasteiger partial charge < -0.3 is 19.0 Å². The number of ether oxygens (including phenoxy) is 1. The molecule has 0 bridgehead atoms. The highest BCUT2D eigenvalue weighted by atomic mass is 32.1. The number of nitrogens with zero attached hydrogens (tertiary/aromatic N) is 4. The molecule has 1 aliphatic rings. The lowest BCUT2D eigenvalue weighted by Crippen LogP contribution is -3.14. The average molecular weight is 399 g/mol. The summed E-state index contributed by atoms with van der Waals surface area (Å²) in [5, 5.41) is 4.55. The van der Waals surface area contributed by atoms with Gasteiger partial charge in [-0.3, -0.25) is 4.98 Å². The number of anilines is 1. The van der Waals surface area contributed by atoms with Gasteiger partial charge in [-0.05, 0) is 43.4 Å². The van der Waals surface area contributed by atoms with Crippen molar-refractivity contribution in [1.82, 2.24) is 14.8 Å². The maximum atomic E-state index is 5.78. The summed E-state index contributed by atoms with van der Waals surface area (Å²) < 4.78 is 13.2. The van der Waals surface area contributed by atoms with E-state index in [9.17, 15) is 0 Å². The van der Waals surface area contributed by atoms with Gasteiger partial charge in [0.25, 0.3) is 4.84 Å². The Balaban J connectivity index is 1.40. The molecule has 1 aromatic carbocycles. The Morgan fingerprint density at radius 2 is 1.89 bits per heavy atom. The van der Waals surface area contributed by atoms with Gasteiger partial charge in [-0.1, -0.05) is 12.1 Å². The molecule has 0 atom stereocenters. The minimum atomic E-state index is 0.406. The molecule has 1 N–H and O–H groups in total. The number of pyridine rings is 1. The molecule has 0 spiro atoms. The number of hydrogen-bond acceptors (Lipinski definition) is 6. The molecular formula is C20H24N5O2S+. The summed E-state index contributed by atoms with van der Waals surface area (Å²) in [6.07, 6.45) is 3.44. The van der Waals surface area contributed by atoms with Gasteiger partial charge in [0.05, 0.1) is 38.5 Å². The van der Waals surface area contributed by atoms with Crippen molar-refractivity contribution in [3.63, 3.8) is 0 Å². The predicted octanol–water partition coefficient (Wildman–Crippen LogP) is 2.03. The van der Waals surface area contributed by atoms with Crippen molar-refractivity contribution < 1.29 is 14.1 Å². The van der Waals surface area contributed by atoms with Crippen LogP contribution in [-0.4, -0.2) is 47.6 Å². The number of benzene rings is 1. The summed E-state index contributed by atoms with van der Waals surface area (Å²) in [5.41, 5.74) is 2.05. The monoisotopic (exact) mass is 398 g/mol. The van der Waals surface area contributed by atoms with Crippen LogP contribution < -0.4 is 14.5 Å². The van der Waals surface area contributed by atoms with E-state index in [-0.39, 0.29) is 0 Å². The Hall–Kier alpha value is -2.71. The molecule has 4 rings (SSSR count). The van der Waals surface area contributed by atoms with E-state index in [2.05, 4.69) is 27.1 Å². The summed E-state index contributed by atoms with van der Waals surface area (Å²) in [6, 6.07) is 12.0.